The molecule has 1 aromatic heterocycles. The lowest BCUT2D eigenvalue weighted by Gasteiger charge is -2.33. The van der Waals surface area contributed by atoms with Gasteiger partial charge in [-0.15, -0.1) is 11.3 Å². The number of thiophene rings is 1. The van der Waals surface area contributed by atoms with E-state index in [1.165, 1.54) is 25.1 Å². The van der Waals surface area contributed by atoms with Crippen molar-refractivity contribution < 1.29 is 32.3 Å². The number of hydrogen-bond donors (Lipinski definition) is 1. The van der Waals surface area contributed by atoms with Crippen LogP contribution in [0.1, 0.15) is 67.5 Å². The highest BCUT2D eigenvalue weighted by Crippen LogP contribution is 2.34. The number of rotatable bonds is 11. The van der Waals surface area contributed by atoms with Gasteiger partial charge in [0.25, 0.3) is 0 Å². The zero-order valence-corrected chi connectivity index (χ0v) is 24.1. The molecule has 0 saturated heterocycles. The molecule has 2 atom stereocenters. The second-order valence-electron chi connectivity index (χ2n) is 10.2. The highest BCUT2D eigenvalue weighted by atomic mass is 32.1. The number of nitrogen functional groups attached to an aromatic ring is 1. The lowest BCUT2D eigenvalue weighted by molar-refractivity contribution is -0.154. The fourth-order valence-electron chi connectivity index (χ4n) is 4.93. The minimum atomic E-state index is -4.66. The number of carbonyl (C=O) groups excluding carboxylic acids is 3. The van der Waals surface area contributed by atoms with Crippen molar-refractivity contribution in [3.05, 3.63) is 56.8 Å². The lowest BCUT2D eigenvalue weighted by Crippen LogP contribution is -2.39. The molecular formula is C29H35BF3N2O4S. The molecule has 0 bridgehead atoms. The summed E-state index contributed by atoms with van der Waals surface area (Å²) in [6.07, 6.45) is -1.25. The number of benzene rings is 1. The first kappa shape index (κ1) is 31.5. The molecule has 1 radical (unpaired) electrons. The van der Waals surface area contributed by atoms with Crippen LogP contribution in [0.5, 0.6) is 0 Å². The first-order chi connectivity index (χ1) is 18.8. The Morgan fingerprint density at radius 1 is 1.25 bits per heavy atom. The highest BCUT2D eigenvalue weighted by molar-refractivity contribution is 7.10. The van der Waals surface area contributed by atoms with Gasteiger partial charge in [-0.1, -0.05) is 30.0 Å². The number of nitrogens with zero attached hydrogens (tertiary/aromatic N) is 1. The van der Waals surface area contributed by atoms with Gasteiger partial charge in [0, 0.05) is 42.9 Å². The van der Waals surface area contributed by atoms with Gasteiger partial charge in [-0.3, -0.25) is 14.4 Å². The van der Waals surface area contributed by atoms with E-state index in [0.717, 1.165) is 30.0 Å². The first-order valence-electron chi connectivity index (χ1n) is 13.3. The van der Waals surface area contributed by atoms with E-state index in [-0.39, 0.29) is 41.5 Å². The molecule has 1 aliphatic rings. The van der Waals surface area contributed by atoms with Gasteiger partial charge >= 0.3 is 12.1 Å². The van der Waals surface area contributed by atoms with Gasteiger partial charge in [0.15, 0.2) is 19.2 Å². The van der Waals surface area contributed by atoms with Gasteiger partial charge in [0.1, 0.15) is 0 Å². The van der Waals surface area contributed by atoms with E-state index in [0.29, 0.717) is 19.4 Å². The van der Waals surface area contributed by atoms with Crippen LogP contribution in [-0.2, 0) is 38.3 Å². The maximum Gasteiger partial charge on any atom is 0.418 e. The summed E-state index contributed by atoms with van der Waals surface area (Å²) in [7, 11) is 1.46. The number of esters is 1. The lowest BCUT2D eigenvalue weighted by atomic mass is 9.71. The number of hydrogen-bond acceptors (Lipinski definition) is 6. The summed E-state index contributed by atoms with van der Waals surface area (Å²) >= 11 is 1.66. The molecule has 0 fully saturated rings. The number of carbonyl (C=O) groups is 3. The van der Waals surface area contributed by atoms with Crippen molar-refractivity contribution in [1.82, 2.24) is 4.90 Å². The molecule has 0 aliphatic heterocycles. The van der Waals surface area contributed by atoms with Crippen molar-refractivity contribution in [1.29, 1.82) is 0 Å². The Morgan fingerprint density at radius 3 is 2.50 bits per heavy atom. The normalized spacial score (nSPS) is 16.2. The molecule has 6 nitrogen and oxygen atoms in total. The molecule has 1 unspecified atom stereocenters. The van der Waals surface area contributed by atoms with Gasteiger partial charge in [0.2, 0.25) is 5.91 Å². The summed E-state index contributed by atoms with van der Waals surface area (Å²) in [5.74, 6) is -1.01. The second kappa shape index (κ2) is 13.5. The number of allylic oxidation sites excluding steroid dienone is 1. The Labute approximate surface area is 238 Å². The van der Waals surface area contributed by atoms with E-state index in [4.69, 9.17) is 10.5 Å². The summed E-state index contributed by atoms with van der Waals surface area (Å²) in [4.78, 5) is 40.3. The Kier molecular flexibility index (Phi) is 10.6. The Hall–Kier alpha value is -3.08. The quantitative estimate of drug-likeness (QED) is 0.168. The van der Waals surface area contributed by atoms with Crippen LogP contribution in [0.2, 0.25) is 6.82 Å². The maximum absolute atomic E-state index is 13.5. The molecule has 2 N–H and O–H groups in total. The number of anilines is 1. The number of aryl methyl sites for hydroxylation is 1. The fourth-order valence-corrected chi connectivity index (χ4v) is 5.65. The van der Waals surface area contributed by atoms with Crippen molar-refractivity contribution in [2.24, 2.45) is 0 Å². The highest BCUT2D eigenvalue weighted by Gasteiger charge is 2.34. The van der Waals surface area contributed by atoms with Gasteiger partial charge < -0.3 is 15.4 Å². The zero-order chi connectivity index (χ0) is 29.6. The van der Waals surface area contributed by atoms with E-state index in [1.54, 1.807) is 25.1 Å². The van der Waals surface area contributed by atoms with Crippen LogP contribution in [0.4, 0.5) is 18.9 Å². The Morgan fingerprint density at radius 2 is 1.98 bits per heavy atom. The minimum absolute atomic E-state index is 0.0266. The predicted octanol–water partition coefficient (Wildman–Crippen LogP) is 5.39. The van der Waals surface area contributed by atoms with Crippen LogP contribution in [0.15, 0.2) is 35.2 Å². The van der Waals surface area contributed by atoms with Crippen molar-refractivity contribution in [2.75, 3.05) is 5.73 Å². The number of halogens is 3. The van der Waals surface area contributed by atoms with Crippen LogP contribution < -0.4 is 11.2 Å². The van der Waals surface area contributed by atoms with Crippen molar-refractivity contribution >= 4 is 47.4 Å². The zero-order valence-electron chi connectivity index (χ0n) is 23.3. The summed E-state index contributed by atoms with van der Waals surface area (Å²) < 4.78 is 45.8. The average Bonchev–Trinajstić information content (AvgIpc) is 3.30. The topological polar surface area (TPSA) is 89.7 Å². The number of nitrogens with two attached hydrogens (primary N) is 1. The third-order valence-electron chi connectivity index (χ3n) is 7.32. The largest absolute Gasteiger partial charge is 0.454 e. The molecular weight excluding hydrogens is 540 g/mol. The summed E-state index contributed by atoms with van der Waals surface area (Å²) in [6.45, 7) is 7.02. The minimum Gasteiger partial charge on any atom is -0.454 e. The predicted molar refractivity (Wildman–Crippen MR) is 152 cm³/mol. The standard InChI is InChI=1S/C29H35BF3N2O4S/c1-17(36)26(15-21-13-24(29(31,32)33)28(34)25(14-21)30-4)39-27(38)10-7-20-5-8-23(9-6-20)35(19(3)37)16-22-11-12-40-18(22)2/h5,11-14,23,26H,6-10,15-16,34H2,1-4H3/t23?,26-/m1/s1. The van der Waals surface area contributed by atoms with Crippen LogP contribution >= 0.6 is 11.3 Å². The summed E-state index contributed by atoms with van der Waals surface area (Å²) in [5.41, 5.74) is 6.95. The number of ether oxygens (including phenoxy) is 1. The molecule has 1 heterocycles. The molecule has 0 spiro atoms. The van der Waals surface area contributed by atoms with Gasteiger partial charge in [-0.25, -0.2) is 0 Å². The number of Topliss-reactive ketones (excluding diaryl/α,β-unsaturated/α-hetero) is 1. The van der Waals surface area contributed by atoms with Crippen LogP contribution in [-0.4, -0.2) is 42.0 Å². The van der Waals surface area contributed by atoms with E-state index in [2.05, 4.69) is 6.08 Å². The second-order valence-corrected chi connectivity index (χ2v) is 11.3. The fraction of sp³-hybridized carbons (Fsp3) is 0.483. The third kappa shape index (κ3) is 8.22. The Balaban J connectivity index is 1.58. The van der Waals surface area contributed by atoms with Crippen LogP contribution in [0.25, 0.3) is 0 Å². The van der Waals surface area contributed by atoms with Gasteiger partial charge in [0.05, 0.1) is 5.56 Å². The molecule has 2 aromatic rings. The van der Waals surface area contributed by atoms with E-state index >= 15 is 0 Å². The average molecular weight is 575 g/mol. The van der Waals surface area contributed by atoms with Crippen molar-refractivity contribution in [2.45, 2.75) is 91.0 Å². The van der Waals surface area contributed by atoms with E-state index in [1.807, 2.05) is 23.3 Å². The van der Waals surface area contributed by atoms with Gasteiger partial charge in [-0.05, 0) is 68.2 Å². The molecule has 3 rings (SSSR count). The van der Waals surface area contributed by atoms with E-state index in [9.17, 15) is 27.6 Å². The van der Waals surface area contributed by atoms with Crippen molar-refractivity contribution in [3.63, 3.8) is 0 Å². The number of alkyl halides is 3. The van der Waals surface area contributed by atoms with Crippen LogP contribution in [0, 0.1) is 6.92 Å². The Bertz CT molecular complexity index is 1270. The SMILES string of the molecule is C[B]c1cc(C[C@@H](OC(=O)CCC2=CCC(N(Cc3ccsc3C)C(C)=O)CC2)C(C)=O)cc(C(F)(F)F)c1N. The summed E-state index contributed by atoms with van der Waals surface area (Å²) in [5, 5.41) is 2.02. The van der Waals surface area contributed by atoms with Gasteiger partial charge in [-0.2, -0.15) is 13.2 Å². The molecule has 40 heavy (non-hydrogen) atoms. The van der Waals surface area contributed by atoms with Crippen LogP contribution in [0.3, 0.4) is 0 Å². The van der Waals surface area contributed by atoms with E-state index < -0.39 is 29.6 Å². The summed E-state index contributed by atoms with van der Waals surface area (Å²) in [6, 6.07) is 4.51. The molecule has 215 valence electrons. The number of ketones is 1. The third-order valence-corrected chi connectivity index (χ3v) is 8.20. The van der Waals surface area contributed by atoms with Crippen molar-refractivity contribution in [3.8, 4) is 0 Å². The molecule has 1 aliphatic carbocycles. The first-order valence-corrected chi connectivity index (χ1v) is 14.1. The number of amides is 1. The molecule has 0 saturated carbocycles. The molecule has 1 amide bonds. The maximum atomic E-state index is 13.5. The molecule has 1 aromatic carbocycles. The monoisotopic (exact) mass is 575 g/mol. The smallest absolute Gasteiger partial charge is 0.418 e. The molecule has 11 heteroatoms.